The Balaban J connectivity index is 0.000000174. The van der Waals surface area contributed by atoms with Gasteiger partial charge in [-0.05, 0) is 126 Å². The lowest BCUT2D eigenvalue weighted by Gasteiger charge is -2.45. The molecule has 4 aromatic rings. The van der Waals surface area contributed by atoms with Crippen molar-refractivity contribution in [3.63, 3.8) is 0 Å². The van der Waals surface area contributed by atoms with Crippen LogP contribution in [0.15, 0.2) is 103 Å². The fourth-order valence-corrected chi connectivity index (χ4v) is 8.99. The third-order valence-electron chi connectivity index (χ3n) is 12.5. The Morgan fingerprint density at radius 3 is 1.82 bits per heavy atom. The highest BCUT2D eigenvalue weighted by atomic mass is 16.5. The van der Waals surface area contributed by atoms with Gasteiger partial charge in [0.1, 0.15) is 22.7 Å². The van der Waals surface area contributed by atoms with Crippen LogP contribution in [0.5, 0.6) is 11.5 Å². The van der Waals surface area contributed by atoms with E-state index >= 15 is 0 Å². The first kappa shape index (κ1) is 40.3. The summed E-state index contributed by atoms with van der Waals surface area (Å²) in [4.78, 5) is 31.4. The van der Waals surface area contributed by atoms with Gasteiger partial charge in [0, 0.05) is 80.3 Å². The Labute approximate surface area is 339 Å². The number of rotatable bonds is 8. The first-order valence-electron chi connectivity index (χ1n) is 21.2. The predicted octanol–water partition coefficient (Wildman–Crippen LogP) is 8.66. The molecule has 8 rings (SSSR count). The van der Waals surface area contributed by atoms with Crippen molar-refractivity contribution in [2.45, 2.75) is 76.9 Å². The number of carbonyl (C=O) groups is 2. The number of hydrogen-bond donors (Lipinski definition) is 1. The average molecular weight is 769 g/mol. The minimum Gasteiger partial charge on any atom is -0.487 e. The van der Waals surface area contributed by atoms with Gasteiger partial charge in [-0.25, -0.2) is 0 Å². The van der Waals surface area contributed by atoms with Gasteiger partial charge >= 0.3 is 0 Å². The van der Waals surface area contributed by atoms with Crippen molar-refractivity contribution in [1.82, 2.24) is 20.0 Å². The van der Waals surface area contributed by atoms with E-state index in [1.54, 1.807) is 0 Å². The predicted molar refractivity (Wildman–Crippen MR) is 229 cm³/mol. The van der Waals surface area contributed by atoms with E-state index in [9.17, 15) is 9.59 Å². The maximum absolute atomic E-state index is 12.7. The van der Waals surface area contributed by atoms with Gasteiger partial charge < -0.3 is 29.5 Å². The van der Waals surface area contributed by atoms with Crippen LogP contribution in [0.1, 0.15) is 109 Å². The molecule has 0 aliphatic carbocycles. The number of para-hydroxylation sites is 2. The second-order valence-electron chi connectivity index (χ2n) is 16.0. The number of fused-ring (bicyclic) bond motifs is 2. The van der Waals surface area contributed by atoms with Gasteiger partial charge in [0.05, 0.1) is 0 Å². The Kier molecular flexibility index (Phi) is 12.5. The first-order chi connectivity index (χ1) is 27.7. The van der Waals surface area contributed by atoms with E-state index in [2.05, 4.69) is 90.1 Å². The van der Waals surface area contributed by atoms with E-state index in [0.717, 1.165) is 118 Å². The summed E-state index contributed by atoms with van der Waals surface area (Å²) in [5, 5.41) is 3.45. The molecule has 1 unspecified atom stereocenters. The summed E-state index contributed by atoms with van der Waals surface area (Å²) in [7, 11) is 2.17. The van der Waals surface area contributed by atoms with Crippen molar-refractivity contribution in [3.05, 3.63) is 137 Å². The van der Waals surface area contributed by atoms with Crippen LogP contribution in [0.4, 0.5) is 0 Å². The zero-order valence-corrected chi connectivity index (χ0v) is 34.6. The molecule has 4 heterocycles. The lowest BCUT2D eigenvalue weighted by Crippen LogP contribution is -2.49. The lowest BCUT2D eigenvalue weighted by molar-refractivity contribution is 0.0114. The number of ether oxygens (including phenoxy) is 2. The highest BCUT2D eigenvalue weighted by Crippen LogP contribution is 2.47. The molecule has 2 fully saturated rings. The smallest absolute Gasteiger partial charge is 0.253 e. The molecule has 8 nitrogen and oxygen atoms in total. The quantitative estimate of drug-likeness (QED) is 0.194. The van der Waals surface area contributed by atoms with E-state index in [1.807, 2.05) is 67.8 Å². The number of carbonyl (C=O) groups excluding carboxylic acids is 2. The van der Waals surface area contributed by atoms with Crippen molar-refractivity contribution in [3.8, 4) is 11.5 Å². The summed E-state index contributed by atoms with van der Waals surface area (Å²) < 4.78 is 13.1. The molecule has 4 aromatic carbocycles. The molecular formula is C49H60N4O4. The normalized spacial score (nSPS) is 19.1. The Morgan fingerprint density at radius 2 is 1.23 bits per heavy atom. The highest BCUT2D eigenvalue weighted by Gasteiger charge is 2.42. The van der Waals surface area contributed by atoms with Crippen molar-refractivity contribution in [2.24, 2.45) is 0 Å². The van der Waals surface area contributed by atoms with E-state index in [4.69, 9.17) is 9.47 Å². The number of amides is 2. The van der Waals surface area contributed by atoms with Crippen molar-refractivity contribution < 1.29 is 19.1 Å². The Bertz CT molecular complexity index is 2020. The fourth-order valence-electron chi connectivity index (χ4n) is 8.99. The van der Waals surface area contributed by atoms with E-state index in [-0.39, 0.29) is 23.0 Å². The van der Waals surface area contributed by atoms with Crippen LogP contribution in [-0.4, -0.2) is 97.1 Å². The third kappa shape index (κ3) is 8.68. The largest absolute Gasteiger partial charge is 0.487 e. The van der Waals surface area contributed by atoms with Gasteiger partial charge in [-0.2, -0.15) is 0 Å². The molecule has 2 spiro atoms. The van der Waals surface area contributed by atoms with Gasteiger partial charge in [-0.15, -0.1) is 0 Å². The fraction of sp³-hybridized carbons (Fsp3) is 0.429. The number of hydrogen-bond acceptors (Lipinski definition) is 6. The molecule has 1 N–H and O–H groups in total. The maximum atomic E-state index is 12.7. The minimum absolute atomic E-state index is 0.0834. The van der Waals surface area contributed by atoms with Gasteiger partial charge in [0.15, 0.2) is 0 Å². The third-order valence-corrected chi connectivity index (χ3v) is 12.5. The van der Waals surface area contributed by atoms with Crippen LogP contribution >= 0.6 is 0 Å². The van der Waals surface area contributed by atoms with Crippen LogP contribution in [0.25, 0.3) is 5.57 Å². The second-order valence-corrected chi connectivity index (χ2v) is 16.0. The van der Waals surface area contributed by atoms with Crippen LogP contribution in [-0.2, 0) is 0 Å². The SMILES string of the molecule is CCN(CC)C(=O)c1ccc(C2=CC3(CCN(C)CC3)Oc3ccccc32)cc1.CCN(CC)C(=O)c1ccc(C2CC3(CCNCC3)Oc3ccccc32)cc1. The molecule has 0 aromatic heterocycles. The molecule has 0 saturated carbocycles. The lowest BCUT2D eigenvalue weighted by atomic mass is 9.75. The van der Waals surface area contributed by atoms with Crippen molar-refractivity contribution >= 4 is 17.4 Å². The average Bonchev–Trinajstić information content (AvgIpc) is 3.25. The van der Waals surface area contributed by atoms with Gasteiger partial charge in [-0.1, -0.05) is 60.7 Å². The minimum atomic E-state index is -0.244. The Hall–Kier alpha value is -4.92. The first-order valence-corrected chi connectivity index (χ1v) is 21.2. The van der Waals surface area contributed by atoms with E-state index < -0.39 is 0 Å². The molecule has 4 aliphatic heterocycles. The number of nitrogens with zero attached hydrogens (tertiary/aromatic N) is 3. The van der Waals surface area contributed by atoms with Crippen LogP contribution in [0.2, 0.25) is 0 Å². The van der Waals surface area contributed by atoms with Crippen LogP contribution in [0.3, 0.4) is 0 Å². The molecule has 2 amide bonds. The molecule has 300 valence electrons. The summed E-state index contributed by atoms with van der Waals surface area (Å²) in [6.07, 6.45) is 7.37. The number of likely N-dealkylation sites (tertiary alicyclic amines) is 1. The van der Waals surface area contributed by atoms with Crippen molar-refractivity contribution in [1.29, 1.82) is 0 Å². The molecular weight excluding hydrogens is 709 g/mol. The van der Waals surface area contributed by atoms with E-state index in [0.29, 0.717) is 5.92 Å². The maximum Gasteiger partial charge on any atom is 0.253 e. The zero-order chi connectivity index (χ0) is 40.0. The monoisotopic (exact) mass is 768 g/mol. The van der Waals surface area contributed by atoms with Gasteiger partial charge in [0.25, 0.3) is 11.8 Å². The summed E-state index contributed by atoms with van der Waals surface area (Å²) in [5.41, 5.74) is 7.18. The molecule has 1 atom stereocenters. The summed E-state index contributed by atoms with van der Waals surface area (Å²) in [6.45, 7) is 15.1. The Morgan fingerprint density at radius 1 is 0.684 bits per heavy atom. The summed E-state index contributed by atoms with van der Waals surface area (Å²) in [6, 6.07) is 33.0. The molecule has 0 radical (unpaired) electrons. The topological polar surface area (TPSA) is 74.4 Å². The highest BCUT2D eigenvalue weighted by molar-refractivity contribution is 5.95. The number of benzene rings is 4. The van der Waals surface area contributed by atoms with E-state index in [1.165, 1.54) is 16.7 Å². The standard InChI is InChI=1S/C25H30N2O2.C24H30N2O2/c1-4-27(5-2)24(28)20-12-10-19(11-13-20)22-18-25(14-16-26(3)17-15-25)29-23-9-7-6-8-21(22)23;1-3-26(4-2)23(27)19-11-9-18(10-12-19)21-17-24(13-15-25-16-14-24)28-22-8-6-5-7-20(21)22/h6-13,18H,4-5,14-17H2,1-3H3;5-12,21,25H,3-4,13-17H2,1-2H3. The zero-order valence-electron chi connectivity index (χ0n) is 34.6. The molecule has 57 heavy (non-hydrogen) atoms. The van der Waals surface area contributed by atoms with Gasteiger partial charge in [0.2, 0.25) is 0 Å². The van der Waals surface area contributed by atoms with Gasteiger partial charge in [-0.3, -0.25) is 9.59 Å². The molecule has 8 heteroatoms. The number of nitrogens with one attached hydrogen (secondary N) is 1. The van der Waals surface area contributed by atoms with Crippen LogP contribution < -0.4 is 14.8 Å². The second kappa shape index (κ2) is 17.7. The van der Waals surface area contributed by atoms with Crippen molar-refractivity contribution in [2.75, 3.05) is 59.4 Å². The number of piperidine rings is 2. The van der Waals surface area contributed by atoms with Crippen LogP contribution in [0, 0.1) is 0 Å². The molecule has 0 bridgehead atoms. The molecule has 4 aliphatic rings. The summed E-state index contributed by atoms with van der Waals surface area (Å²) in [5.74, 6) is 2.48. The molecule has 2 saturated heterocycles. The summed E-state index contributed by atoms with van der Waals surface area (Å²) >= 11 is 0.